The van der Waals surface area contributed by atoms with Gasteiger partial charge in [-0.05, 0) is 42.0 Å². The van der Waals surface area contributed by atoms with Gasteiger partial charge in [-0.15, -0.1) is 0 Å². The zero-order chi connectivity index (χ0) is 19.8. The minimum Gasteiger partial charge on any atom is -0.493 e. The van der Waals surface area contributed by atoms with Crippen molar-refractivity contribution in [2.75, 3.05) is 11.9 Å². The molecule has 3 rings (SSSR count). The second-order valence-electron chi connectivity index (χ2n) is 6.18. The average molecular weight is 375 g/mol. The molecule has 0 aliphatic carbocycles. The van der Waals surface area contributed by atoms with E-state index in [9.17, 15) is 9.59 Å². The lowest BCUT2D eigenvalue weighted by molar-refractivity contribution is -0.114. The van der Waals surface area contributed by atoms with Gasteiger partial charge < -0.3 is 14.8 Å². The fraction of sp³-hybridized carbons (Fsp3) is 0.130. The summed E-state index contributed by atoms with van der Waals surface area (Å²) in [7, 11) is 0. The van der Waals surface area contributed by atoms with Crippen LogP contribution in [0.5, 0.6) is 11.5 Å². The molecule has 28 heavy (non-hydrogen) atoms. The number of para-hydroxylation sites is 2. The summed E-state index contributed by atoms with van der Waals surface area (Å²) in [4.78, 5) is 23.7. The number of amides is 1. The number of carbonyl (C=O) groups is 2. The van der Waals surface area contributed by atoms with Gasteiger partial charge in [0.2, 0.25) is 5.91 Å². The highest BCUT2D eigenvalue weighted by molar-refractivity contribution is 5.94. The van der Waals surface area contributed by atoms with Gasteiger partial charge >= 0.3 is 5.97 Å². The maximum absolute atomic E-state index is 12.4. The first-order valence-electron chi connectivity index (χ1n) is 8.97. The number of esters is 1. The van der Waals surface area contributed by atoms with Crippen LogP contribution in [-0.4, -0.2) is 18.5 Å². The number of hydrogen-bond donors (Lipinski definition) is 1. The van der Waals surface area contributed by atoms with E-state index in [2.05, 4.69) is 17.4 Å². The van der Waals surface area contributed by atoms with Crippen molar-refractivity contribution in [3.8, 4) is 11.5 Å². The summed E-state index contributed by atoms with van der Waals surface area (Å²) in [5, 5.41) is 2.64. The molecule has 0 unspecified atom stereocenters. The molecule has 0 bridgehead atoms. The van der Waals surface area contributed by atoms with Gasteiger partial charge in [-0.2, -0.15) is 0 Å². The van der Waals surface area contributed by atoms with Crippen LogP contribution in [-0.2, 0) is 11.2 Å². The van der Waals surface area contributed by atoms with Gasteiger partial charge in [0, 0.05) is 13.3 Å². The molecule has 0 aliphatic rings. The van der Waals surface area contributed by atoms with Gasteiger partial charge in [-0.3, -0.25) is 4.79 Å². The Bertz CT molecular complexity index is 936. The smallest absolute Gasteiger partial charge is 0.343 e. The average Bonchev–Trinajstić information content (AvgIpc) is 2.70. The molecule has 0 atom stereocenters. The largest absolute Gasteiger partial charge is 0.493 e. The van der Waals surface area contributed by atoms with Gasteiger partial charge in [0.25, 0.3) is 0 Å². The molecule has 0 saturated carbocycles. The lowest BCUT2D eigenvalue weighted by Gasteiger charge is -2.11. The van der Waals surface area contributed by atoms with Crippen LogP contribution in [0.15, 0.2) is 78.9 Å². The molecule has 0 heterocycles. The van der Waals surface area contributed by atoms with E-state index in [0.717, 1.165) is 6.42 Å². The molecule has 0 aliphatic heterocycles. The first-order chi connectivity index (χ1) is 13.6. The van der Waals surface area contributed by atoms with E-state index in [1.165, 1.54) is 12.5 Å². The molecule has 5 nitrogen and oxygen atoms in total. The van der Waals surface area contributed by atoms with Crippen molar-refractivity contribution >= 4 is 17.6 Å². The lowest BCUT2D eigenvalue weighted by Crippen LogP contribution is -2.12. The summed E-state index contributed by atoms with van der Waals surface area (Å²) < 4.78 is 11.1. The summed E-state index contributed by atoms with van der Waals surface area (Å²) in [6.45, 7) is 1.95. The number of ether oxygens (including phenoxy) is 2. The number of nitrogens with one attached hydrogen (secondary N) is 1. The Balaban J connectivity index is 1.57. The SMILES string of the molecule is CC(=O)Nc1ccccc1OC(=O)c1ccc(OCCc2ccccc2)cc1. The molecule has 0 aromatic heterocycles. The van der Waals surface area contributed by atoms with E-state index in [1.54, 1.807) is 48.5 Å². The maximum atomic E-state index is 12.4. The Morgan fingerprint density at radius 1 is 0.857 bits per heavy atom. The van der Waals surface area contributed by atoms with E-state index in [1.807, 2.05) is 18.2 Å². The topological polar surface area (TPSA) is 64.6 Å². The normalized spacial score (nSPS) is 10.2. The van der Waals surface area contributed by atoms with Gasteiger partial charge in [-0.1, -0.05) is 42.5 Å². The minimum absolute atomic E-state index is 0.236. The summed E-state index contributed by atoms with van der Waals surface area (Å²) in [6, 6.07) is 23.7. The van der Waals surface area contributed by atoms with Crippen molar-refractivity contribution in [1.82, 2.24) is 0 Å². The Kier molecular flexibility index (Phi) is 6.41. The predicted molar refractivity (Wildman–Crippen MR) is 108 cm³/mol. The van der Waals surface area contributed by atoms with Crippen LogP contribution >= 0.6 is 0 Å². The van der Waals surface area contributed by atoms with E-state index >= 15 is 0 Å². The van der Waals surface area contributed by atoms with Gasteiger partial charge in [0.15, 0.2) is 5.75 Å². The van der Waals surface area contributed by atoms with Gasteiger partial charge in [-0.25, -0.2) is 4.79 Å². The van der Waals surface area contributed by atoms with Crippen molar-refractivity contribution in [3.63, 3.8) is 0 Å². The monoisotopic (exact) mass is 375 g/mol. The van der Waals surface area contributed by atoms with Crippen LogP contribution in [0.1, 0.15) is 22.8 Å². The number of carbonyl (C=O) groups excluding carboxylic acids is 2. The van der Waals surface area contributed by atoms with Gasteiger partial charge in [0.05, 0.1) is 17.9 Å². The van der Waals surface area contributed by atoms with Crippen LogP contribution in [0.3, 0.4) is 0 Å². The zero-order valence-electron chi connectivity index (χ0n) is 15.6. The summed E-state index contributed by atoms with van der Waals surface area (Å²) in [5.74, 6) is 0.242. The quantitative estimate of drug-likeness (QED) is 0.488. The highest BCUT2D eigenvalue weighted by Crippen LogP contribution is 2.25. The van der Waals surface area contributed by atoms with Crippen molar-refractivity contribution in [3.05, 3.63) is 90.0 Å². The fourth-order valence-corrected chi connectivity index (χ4v) is 2.63. The van der Waals surface area contributed by atoms with Crippen LogP contribution < -0.4 is 14.8 Å². The zero-order valence-corrected chi connectivity index (χ0v) is 15.6. The molecule has 3 aromatic rings. The molecule has 3 aromatic carbocycles. The van der Waals surface area contributed by atoms with Crippen LogP contribution in [0, 0.1) is 0 Å². The maximum Gasteiger partial charge on any atom is 0.343 e. The third-order valence-electron chi connectivity index (χ3n) is 3.99. The first kappa shape index (κ1) is 19.2. The summed E-state index contributed by atoms with van der Waals surface area (Å²) in [6.07, 6.45) is 0.810. The second kappa shape index (κ2) is 9.37. The molecule has 0 spiro atoms. The molecule has 0 fully saturated rings. The highest BCUT2D eigenvalue weighted by atomic mass is 16.5. The molecular weight excluding hydrogens is 354 g/mol. The molecule has 5 heteroatoms. The van der Waals surface area contributed by atoms with Crippen molar-refractivity contribution < 1.29 is 19.1 Å². The van der Waals surface area contributed by atoms with E-state index < -0.39 is 5.97 Å². The molecule has 0 radical (unpaired) electrons. The lowest BCUT2D eigenvalue weighted by atomic mass is 10.2. The van der Waals surface area contributed by atoms with Crippen LogP contribution in [0.2, 0.25) is 0 Å². The molecule has 1 amide bonds. The van der Waals surface area contributed by atoms with E-state index in [4.69, 9.17) is 9.47 Å². The van der Waals surface area contributed by atoms with Crippen LogP contribution in [0.25, 0.3) is 0 Å². The minimum atomic E-state index is -0.506. The third-order valence-corrected chi connectivity index (χ3v) is 3.99. The van der Waals surface area contributed by atoms with E-state index in [-0.39, 0.29) is 5.91 Å². The second-order valence-corrected chi connectivity index (χ2v) is 6.18. The van der Waals surface area contributed by atoms with Crippen molar-refractivity contribution in [2.45, 2.75) is 13.3 Å². The number of benzene rings is 3. The Labute approximate surface area is 163 Å². The molecular formula is C23H21NO4. The number of hydrogen-bond acceptors (Lipinski definition) is 4. The van der Waals surface area contributed by atoms with Crippen LogP contribution in [0.4, 0.5) is 5.69 Å². The highest BCUT2D eigenvalue weighted by Gasteiger charge is 2.12. The first-order valence-corrected chi connectivity index (χ1v) is 8.97. The molecule has 142 valence electrons. The Morgan fingerprint density at radius 2 is 1.54 bits per heavy atom. The molecule has 0 saturated heterocycles. The Hall–Kier alpha value is -3.60. The van der Waals surface area contributed by atoms with Crippen molar-refractivity contribution in [2.24, 2.45) is 0 Å². The van der Waals surface area contributed by atoms with Crippen molar-refractivity contribution in [1.29, 1.82) is 0 Å². The summed E-state index contributed by atoms with van der Waals surface area (Å²) >= 11 is 0. The standard InChI is InChI=1S/C23H21NO4/c1-17(25)24-21-9-5-6-10-22(21)28-23(26)19-11-13-20(14-12-19)27-16-15-18-7-3-2-4-8-18/h2-14H,15-16H2,1H3,(H,24,25). The predicted octanol–water partition coefficient (Wildman–Crippen LogP) is 4.49. The summed E-state index contributed by atoms with van der Waals surface area (Å²) in [5.41, 5.74) is 2.05. The van der Waals surface area contributed by atoms with E-state index in [0.29, 0.717) is 29.4 Å². The Morgan fingerprint density at radius 3 is 2.25 bits per heavy atom. The fourth-order valence-electron chi connectivity index (χ4n) is 2.63. The third kappa shape index (κ3) is 5.45. The van der Waals surface area contributed by atoms with Gasteiger partial charge in [0.1, 0.15) is 5.75 Å². The number of rotatable bonds is 7. The molecule has 1 N–H and O–H groups in total. The number of anilines is 1.